The summed E-state index contributed by atoms with van der Waals surface area (Å²) < 4.78 is 2.16. The summed E-state index contributed by atoms with van der Waals surface area (Å²) in [4.78, 5) is 2.53. The molecule has 0 spiro atoms. The molecule has 1 saturated heterocycles. The Morgan fingerprint density at radius 2 is 1.74 bits per heavy atom. The van der Waals surface area contributed by atoms with Crippen molar-refractivity contribution >= 4 is 70.0 Å². The molecule has 0 unspecified atom stereocenters. The number of phenolic OH excluding ortho intramolecular Hbond substituents is 1. The van der Waals surface area contributed by atoms with Crippen LogP contribution in [0.15, 0.2) is 12.1 Å². The summed E-state index contributed by atoms with van der Waals surface area (Å²) in [6.45, 7) is 8.74. The van der Waals surface area contributed by atoms with Crippen molar-refractivity contribution in [3.63, 3.8) is 0 Å². The van der Waals surface area contributed by atoms with E-state index in [1.165, 1.54) is 9.99 Å². The first kappa shape index (κ1) is 24.0. The van der Waals surface area contributed by atoms with Crippen molar-refractivity contribution in [2.45, 2.75) is 32.7 Å². The number of nitrogens with zero attached hydrogens (tertiary/aromatic N) is 1. The highest BCUT2D eigenvalue weighted by Gasteiger charge is 2.25. The number of phenols is 1. The molecule has 1 fully saturated rings. The number of nitrogens with one attached hydrogen (secondary N) is 1. The van der Waals surface area contributed by atoms with E-state index >= 15 is 0 Å². The summed E-state index contributed by atoms with van der Waals surface area (Å²) in [5.41, 5.74) is 1.11. The normalized spacial score (nSPS) is 16.6. The molecule has 1 aliphatic heterocycles. The maximum absolute atomic E-state index is 10.5. The van der Waals surface area contributed by atoms with E-state index in [2.05, 4.69) is 75.3 Å². The van der Waals surface area contributed by atoms with E-state index in [0.29, 0.717) is 17.7 Å². The number of benzene rings is 1. The highest BCUT2D eigenvalue weighted by molar-refractivity contribution is 14.1. The predicted molar refractivity (Wildman–Crippen MR) is 119 cm³/mol. The molecule has 0 amide bonds. The largest absolute Gasteiger partial charge is 0.506 e. The average molecular weight is 587 g/mol. The van der Waals surface area contributed by atoms with Gasteiger partial charge >= 0.3 is 0 Å². The van der Waals surface area contributed by atoms with Gasteiger partial charge in [-0.05, 0) is 76.1 Å². The summed E-state index contributed by atoms with van der Waals surface area (Å²) in [6.07, 6.45) is 2.30. The van der Waals surface area contributed by atoms with Crippen LogP contribution >= 0.6 is 70.0 Å². The van der Waals surface area contributed by atoms with Crippen molar-refractivity contribution in [3.05, 3.63) is 24.8 Å². The number of hydrogen-bond donors (Lipinski definition) is 2. The van der Waals surface area contributed by atoms with Gasteiger partial charge in [0.15, 0.2) is 0 Å². The van der Waals surface area contributed by atoms with E-state index in [9.17, 15) is 5.11 Å². The molecule has 2 rings (SSSR count). The van der Waals surface area contributed by atoms with Crippen molar-refractivity contribution in [1.82, 2.24) is 10.2 Å². The van der Waals surface area contributed by atoms with Crippen LogP contribution in [0.4, 0.5) is 0 Å². The first-order chi connectivity index (χ1) is 9.99. The Morgan fingerprint density at radius 1 is 1.13 bits per heavy atom. The number of aromatic hydroxyl groups is 1. The quantitative estimate of drug-likeness (QED) is 0.486. The summed E-state index contributed by atoms with van der Waals surface area (Å²) >= 11 is 4.58. The lowest BCUT2D eigenvalue weighted by molar-refractivity contribution is 0.157. The van der Waals surface area contributed by atoms with E-state index < -0.39 is 0 Å². The summed E-state index contributed by atoms with van der Waals surface area (Å²) in [7, 11) is 0. The van der Waals surface area contributed by atoms with Crippen molar-refractivity contribution in [2.24, 2.45) is 5.92 Å². The third-order valence-electron chi connectivity index (χ3n) is 4.03. The van der Waals surface area contributed by atoms with E-state index in [-0.39, 0.29) is 24.8 Å². The fourth-order valence-electron chi connectivity index (χ4n) is 2.86. The number of piperazine rings is 1. The molecule has 2 N–H and O–H groups in total. The second kappa shape index (κ2) is 11.6. The van der Waals surface area contributed by atoms with Gasteiger partial charge in [-0.25, -0.2) is 0 Å². The fraction of sp³-hybridized carbons (Fsp3) is 0.625. The van der Waals surface area contributed by atoms with Crippen molar-refractivity contribution in [3.8, 4) is 5.75 Å². The molecule has 0 aromatic heterocycles. The van der Waals surface area contributed by atoms with E-state index in [1.807, 2.05) is 6.07 Å². The van der Waals surface area contributed by atoms with Gasteiger partial charge in [0.25, 0.3) is 0 Å². The number of rotatable bonds is 5. The minimum atomic E-state index is 0. The number of hydrogen-bond acceptors (Lipinski definition) is 3. The van der Waals surface area contributed by atoms with Crippen LogP contribution < -0.4 is 5.32 Å². The molecule has 0 bridgehead atoms. The van der Waals surface area contributed by atoms with Gasteiger partial charge in [0, 0.05) is 41.4 Å². The minimum Gasteiger partial charge on any atom is -0.506 e. The van der Waals surface area contributed by atoms with Gasteiger partial charge in [-0.15, -0.1) is 24.8 Å². The molecule has 1 aromatic rings. The lowest BCUT2D eigenvalue weighted by atomic mass is 9.95. The van der Waals surface area contributed by atoms with Gasteiger partial charge in [-0.1, -0.05) is 13.8 Å². The Bertz CT molecular complexity index is 483. The first-order valence-electron chi connectivity index (χ1n) is 7.61. The molecule has 1 heterocycles. The van der Waals surface area contributed by atoms with Crippen LogP contribution in [-0.2, 0) is 0 Å². The standard InChI is InChI=1S/C16H24I2N2O.2ClH/c1-11(2)3-4-15(20-7-5-19-6-8-20)13-9-12(17)10-14(18)16(13)21;;/h9-11,15,19,21H,3-8H2,1-2H3;2*1H/t15-;;/m0../s1. The average Bonchev–Trinajstić information content (AvgIpc) is 2.45. The molecule has 7 heteroatoms. The summed E-state index contributed by atoms with van der Waals surface area (Å²) in [6, 6.07) is 4.53. The van der Waals surface area contributed by atoms with Crippen molar-refractivity contribution in [2.75, 3.05) is 26.2 Å². The zero-order valence-electron chi connectivity index (χ0n) is 13.5. The first-order valence-corrected chi connectivity index (χ1v) is 9.77. The topological polar surface area (TPSA) is 35.5 Å². The molecule has 1 atom stereocenters. The predicted octanol–water partition coefficient (Wildman–Crippen LogP) is 4.83. The van der Waals surface area contributed by atoms with Crippen LogP contribution in [0.25, 0.3) is 0 Å². The van der Waals surface area contributed by atoms with Crippen LogP contribution in [0.2, 0.25) is 0 Å². The molecule has 134 valence electrons. The highest BCUT2D eigenvalue weighted by atomic mass is 127. The molecule has 0 radical (unpaired) electrons. The fourth-order valence-corrected chi connectivity index (χ4v) is 4.75. The lowest BCUT2D eigenvalue weighted by Gasteiger charge is -2.36. The molecule has 23 heavy (non-hydrogen) atoms. The van der Waals surface area contributed by atoms with E-state index in [0.717, 1.165) is 41.7 Å². The van der Waals surface area contributed by atoms with Gasteiger partial charge in [0.05, 0.1) is 3.57 Å². The molecular formula is C16H26Cl2I2N2O. The van der Waals surface area contributed by atoms with Crippen LogP contribution in [-0.4, -0.2) is 36.2 Å². The number of halogens is 4. The van der Waals surface area contributed by atoms with Crippen LogP contribution in [0.5, 0.6) is 5.75 Å². The van der Waals surface area contributed by atoms with Crippen LogP contribution in [0.3, 0.4) is 0 Å². The maximum Gasteiger partial charge on any atom is 0.133 e. The Kier molecular flexibility index (Phi) is 12.1. The molecule has 1 aliphatic rings. The zero-order valence-corrected chi connectivity index (χ0v) is 19.5. The van der Waals surface area contributed by atoms with Gasteiger partial charge in [0.2, 0.25) is 0 Å². The van der Waals surface area contributed by atoms with Crippen molar-refractivity contribution < 1.29 is 5.11 Å². The summed E-state index contributed by atoms with van der Waals surface area (Å²) in [5.74, 6) is 1.17. The van der Waals surface area contributed by atoms with Crippen molar-refractivity contribution in [1.29, 1.82) is 0 Å². The SMILES string of the molecule is CC(C)CC[C@@H](c1cc(I)cc(I)c1O)N1CCNCC1.Cl.Cl. The summed E-state index contributed by atoms with van der Waals surface area (Å²) in [5, 5.41) is 14.0. The third kappa shape index (κ3) is 7.01. The van der Waals surface area contributed by atoms with Gasteiger partial charge < -0.3 is 10.4 Å². The third-order valence-corrected chi connectivity index (χ3v) is 5.47. The Balaban J connectivity index is 0.00000242. The van der Waals surface area contributed by atoms with Gasteiger partial charge in [0.1, 0.15) is 5.75 Å². The zero-order chi connectivity index (χ0) is 15.4. The smallest absolute Gasteiger partial charge is 0.133 e. The minimum absolute atomic E-state index is 0. The van der Waals surface area contributed by atoms with Gasteiger partial charge in [-0.3, -0.25) is 4.90 Å². The highest BCUT2D eigenvalue weighted by Crippen LogP contribution is 2.37. The second-order valence-electron chi connectivity index (χ2n) is 6.10. The van der Waals surface area contributed by atoms with Gasteiger partial charge in [-0.2, -0.15) is 0 Å². The maximum atomic E-state index is 10.5. The molecule has 0 saturated carbocycles. The molecule has 1 aromatic carbocycles. The van der Waals surface area contributed by atoms with Crippen LogP contribution in [0.1, 0.15) is 38.3 Å². The van der Waals surface area contributed by atoms with E-state index in [4.69, 9.17) is 0 Å². The molecule has 3 nitrogen and oxygen atoms in total. The monoisotopic (exact) mass is 586 g/mol. The lowest BCUT2D eigenvalue weighted by Crippen LogP contribution is -2.45. The molecular weight excluding hydrogens is 561 g/mol. The molecule has 0 aliphatic carbocycles. The Morgan fingerprint density at radius 3 is 2.30 bits per heavy atom. The second-order valence-corrected chi connectivity index (χ2v) is 8.51. The van der Waals surface area contributed by atoms with Crippen LogP contribution in [0, 0.1) is 13.1 Å². The Labute approximate surface area is 179 Å². The van der Waals surface area contributed by atoms with E-state index in [1.54, 1.807) is 0 Å². The Hall–Kier alpha value is 0.980.